The molecule has 0 amide bonds. The van der Waals surface area contributed by atoms with Gasteiger partial charge in [-0.25, -0.2) is 0 Å². The predicted molar refractivity (Wildman–Crippen MR) is 72.0 cm³/mol. The number of benzene rings is 1. The van der Waals surface area contributed by atoms with E-state index in [0.717, 1.165) is 18.5 Å². The minimum Gasteiger partial charge on any atom is -0.490 e. The van der Waals surface area contributed by atoms with Gasteiger partial charge in [0.15, 0.2) is 0 Å². The van der Waals surface area contributed by atoms with Crippen molar-refractivity contribution in [1.82, 2.24) is 5.32 Å². The van der Waals surface area contributed by atoms with Crippen LogP contribution in [0.4, 0.5) is 0 Å². The first-order chi connectivity index (χ1) is 8.67. The lowest BCUT2D eigenvalue weighted by Gasteiger charge is -2.14. The Morgan fingerprint density at radius 2 is 2.22 bits per heavy atom. The van der Waals surface area contributed by atoms with Crippen molar-refractivity contribution in [1.29, 1.82) is 0 Å². The lowest BCUT2D eigenvalue weighted by molar-refractivity contribution is 0.0532. The second kappa shape index (κ2) is 8.32. The average molecular weight is 274 g/mol. The van der Waals surface area contributed by atoms with Gasteiger partial charge in [0.1, 0.15) is 18.5 Å². The van der Waals surface area contributed by atoms with Crippen molar-refractivity contribution in [3.8, 4) is 5.75 Å². The van der Waals surface area contributed by atoms with E-state index in [9.17, 15) is 5.11 Å². The van der Waals surface area contributed by atoms with Crippen LogP contribution in [0.3, 0.4) is 0 Å². The number of nitrogens with one attached hydrogen (secondary N) is 1. The summed E-state index contributed by atoms with van der Waals surface area (Å²) < 4.78 is 5.47. The van der Waals surface area contributed by atoms with Gasteiger partial charge < -0.3 is 20.3 Å². The standard InChI is InChI=1S/C13H20ClNO3/c1-2-5-15-7-10-6-11(14)3-4-13(10)18-9-12(17)8-16/h3-4,6,12,15-17H,2,5,7-9H2,1H3. The summed E-state index contributed by atoms with van der Waals surface area (Å²) in [5.74, 6) is 0.676. The molecule has 102 valence electrons. The summed E-state index contributed by atoms with van der Waals surface area (Å²) in [6.45, 7) is 3.44. The summed E-state index contributed by atoms with van der Waals surface area (Å²) >= 11 is 5.95. The minimum absolute atomic E-state index is 0.0684. The first-order valence-electron chi connectivity index (χ1n) is 6.08. The molecule has 0 spiro atoms. The Morgan fingerprint density at radius 3 is 2.89 bits per heavy atom. The molecule has 18 heavy (non-hydrogen) atoms. The van der Waals surface area contributed by atoms with Crippen LogP contribution in [0.1, 0.15) is 18.9 Å². The van der Waals surface area contributed by atoms with E-state index in [2.05, 4.69) is 12.2 Å². The van der Waals surface area contributed by atoms with E-state index in [4.69, 9.17) is 21.4 Å². The molecule has 0 fully saturated rings. The number of ether oxygens (including phenoxy) is 1. The van der Waals surface area contributed by atoms with Gasteiger partial charge in [0.2, 0.25) is 0 Å². The van der Waals surface area contributed by atoms with Crippen LogP contribution < -0.4 is 10.1 Å². The first kappa shape index (κ1) is 15.2. The van der Waals surface area contributed by atoms with Gasteiger partial charge in [0, 0.05) is 17.1 Å². The molecule has 3 N–H and O–H groups in total. The SMILES string of the molecule is CCCNCc1cc(Cl)ccc1OCC(O)CO. The molecule has 0 radical (unpaired) electrons. The third-order valence-corrected chi connectivity index (χ3v) is 2.64. The molecule has 1 atom stereocenters. The van der Waals surface area contributed by atoms with Crippen molar-refractivity contribution in [2.75, 3.05) is 19.8 Å². The van der Waals surface area contributed by atoms with Crippen molar-refractivity contribution >= 4 is 11.6 Å². The monoisotopic (exact) mass is 273 g/mol. The molecule has 0 aliphatic carbocycles. The van der Waals surface area contributed by atoms with Crippen molar-refractivity contribution in [2.45, 2.75) is 26.0 Å². The van der Waals surface area contributed by atoms with Crippen LogP contribution in [0, 0.1) is 0 Å². The Hall–Kier alpha value is -0.810. The largest absolute Gasteiger partial charge is 0.490 e. The third kappa shape index (κ3) is 5.23. The van der Waals surface area contributed by atoms with E-state index in [1.807, 2.05) is 6.07 Å². The van der Waals surface area contributed by atoms with Crippen molar-refractivity contribution in [2.24, 2.45) is 0 Å². The van der Waals surface area contributed by atoms with Gasteiger partial charge in [-0.05, 0) is 31.2 Å². The van der Waals surface area contributed by atoms with E-state index in [0.29, 0.717) is 17.3 Å². The van der Waals surface area contributed by atoms with Crippen LogP contribution >= 0.6 is 11.6 Å². The van der Waals surface area contributed by atoms with Crippen LogP contribution in [0.25, 0.3) is 0 Å². The van der Waals surface area contributed by atoms with Crippen LogP contribution in [-0.2, 0) is 6.54 Å². The van der Waals surface area contributed by atoms with Gasteiger partial charge in [-0.3, -0.25) is 0 Å². The maximum atomic E-state index is 9.26. The Morgan fingerprint density at radius 1 is 1.44 bits per heavy atom. The Kier molecular flexibility index (Phi) is 7.05. The van der Waals surface area contributed by atoms with Crippen LogP contribution in [0.15, 0.2) is 18.2 Å². The highest BCUT2D eigenvalue weighted by Crippen LogP contribution is 2.23. The van der Waals surface area contributed by atoms with Gasteiger partial charge in [0.25, 0.3) is 0 Å². The number of aliphatic hydroxyl groups is 2. The molecule has 0 bridgehead atoms. The zero-order chi connectivity index (χ0) is 13.4. The summed E-state index contributed by atoms with van der Waals surface area (Å²) in [6, 6.07) is 5.35. The number of rotatable bonds is 8. The van der Waals surface area contributed by atoms with Crippen molar-refractivity contribution in [3.63, 3.8) is 0 Å². The number of hydrogen-bond acceptors (Lipinski definition) is 4. The molecule has 1 aromatic rings. The van der Waals surface area contributed by atoms with Crippen LogP contribution in [0.2, 0.25) is 5.02 Å². The summed E-state index contributed by atoms with van der Waals surface area (Å²) in [5, 5.41) is 21.9. The summed E-state index contributed by atoms with van der Waals surface area (Å²) in [6.07, 6.45) is 0.192. The molecule has 0 heterocycles. The second-order valence-corrected chi connectivity index (χ2v) is 4.51. The summed E-state index contributed by atoms with van der Waals surface area (Å²) in [4.78, 5) is 0. The predicted octanol–water partition coefficient (Wildman–Crippen LogP) is 1.57. The Balaban J connectivity index is 2.63. The molecule has 0 aliphatic heterocycles. The lowest BCUT2D eigenvalue weighted by Crippen LogP contribution is -2.22. The van der Waals surface area contributed by atoms with Gasteiger partial charge in [-0.15, -0.1) is 0 Å². The normalized spacial score (nSPS) is 12.4. The van der Waals surface area contributed by atoms with Gasteiger partial charge >= 0.3 is 0 Å². The average Bonchev–Trinajstić information content (AvgIpc) is 2.37. The highest BCUT2D eigenvalue weighted by atomic mass is 35.5. The zero-order valence-corrected chi connectivity index (χ0v) is 11.3. The smallest absolute Gasteiger partial charge is 0.124 e. The molecule has 1 unspecified atom stereocenters. The highest BCUT2D eigenvalue weighted by molar-refractivity contribution is 6.30. The quantitative estimate of drug-likeness (QED) is 0.629. The topological polar surface area (TPSA) is 61.7 Å². The molecule has 0 aliphatic rings. The molecule has 5 heteroatoms. The fourth-order valence-electron chi connectivity index (χ4n) is 1.47. The fourth-order valence-corrected chi connectivity index (χ4v) is 1.66. The lowest BCUT2D eigenvalue weighted by atomic mass is 10.2. The van der Waals surface area contributed by atoms with Gasteiger partial charge in [-0.1, -0.05) is 18.5 Å². The molecular weight excluding hydrogens is 254 g/mol. The van der Waals surface area contributed by atoms with Crippen LogP contribution in [0.5, 0.6) is 5.75 Å². The Labute approximate surface area is 113 Å². The van der Waals surface area contributed by atoms with E-state index in [-0.39, 0.29) is 13.2 Å². The number of aliphatic hydroxyl groups excluding tert-OH is 2. The van der Waals surface area contributed by atoms with E-state index < -0.39 is 6.10 Å². The third-order valence-electron chi connectivity index (χ3n) is 2.41. The number of halogens is 1. The fraction of sp³-hybridized carbons (Fsp3) is 0.538. The van der Waals surface area contributed by atoms with Gasteiger partial charge in [0.05, 0.1) is 6.61 Å². The van der Waals surface area contributed by atoms with Gasteiger partial charge in [-0.2, -0.15) is 0 Å². The molecule has 0 saturated heterocycles. The summed E-state index contributed by atoms with van der Waals surface area (Å²) in [5.41, 5.74) is 0.945. The minimum atomic E-state index is -0.864. The Bertz CT molecular complexity index is 360. The van der Waals surface area contributed by atoms with Crippen molar-refractivity contribution in [3.05, 3.63) is 28.8 Å². The molecule has 1 rings (SSSR count). The maximum absolute atomic E-state index is 9.26. The molecule has 0 saturated carbocycles. The van der Waals surface area contributed by atoms with E-state index >= 15 is 0 Å². The first-order valence-corrected chi connectivity index (χ1v) is 6.46. The highest BCUT2D eigenvalue weighted by Gasteiger charge is 2.07. The number of hydrogen-bond donors (Lipinski definition) is 3. The molecule has 0 aromatic heterocycles. The van der Waals surface area contributed by atoms with E-state index in [1.165, 1.54) is 0 Å². The summed E-state index contributed by atoms with van der Waals surface area (Å²) in [7, 11) is 0. The second-order valence-electron chi connectivity index (χ2n) is 4.08. The molecular formula is C13H20ClNO3. The van der Waals surface area contributed by atoms with Crippen LogP contribution in [-0.4, -0.2) is 36.1 Å². The zero-order valence-electron chi connectivity index (χ0n) is 10.5. The maximum Gasteiger partial charge on any atom is 0.124 e. The molecule has 4 nitrogen and oxygen atoms in total. The van der Waals surface area contributed by atoms with E-state index in [1.54, 1.807) is 12.1 Å². The molecule has 1 aromatic carbocycles. The van der Waals surface area contributed by atoms with Crippen molar-refractivity contribution < 1.29 is 14.9 Å².